The van der Waals surface area contributed by atoms with Gasteiger partial charge in [-0.15, -0.1) is 0 Å². The number of nitrogens with one attached hydrogen (secondary N) is 1. The number of nitrogens with two attached hydrogens (primary N) is 1. The van der Waals surface area contributed by atoms with Gasteiger partial charge in [0.1, 0.15) is 0 Å². The SMILES string of the molecule is CCOCC(NC(=O)c1ccc(N)cc1C)C(C)C. The minimum atomic E-state index is -0.0732. The van der Waals surface area contributed by atoms with E-state index in [1.807, 2.05) is 19.9 Å². The molecule has 0 aliphatic rings. The number of nitrogen functional groups attached to an aromatic ring is 1. The molecular weight excluding hydrogens is 240 g/mol. The topological polar surface area (TPSA) is 64.3 Å². The lowest BCUT2D eigenvalue weighted by molar-refractivity contribution is 0.0805. The van der Waals surface area contributed by atoms with Crippen molar-refractivity contribution in [3.8, 4) is 0 Å². The Morgan fingerprint density at radius 1 is 1.42 bits per heavy atom. The summed E-state index contributed by atoms with van der Waals surface area (Å²) in [7, 11) is 0. The van der Waals surface area contributed by atoms with Crippen LogP contribution in [0.4, 0.5) is 5.69 Å². The molecule has 0 bridgehead atoms. The summed E-state index contributed by atoms with van der Waals surface area (Å²) in [4.78, 5) is 12.2. The third-order valence-corrected chi connectivity index (χ3v) is 3.12. The van der Waals surface area contributed by atoms with E-state index >= 15 is 0 Å². The number of aryl methyl sites for hydroxylation is 1. The van der Waals surface area contributed by atoms with Crippen LogP contribution in [0.1, 0.15) is 36.7 Å². The van der Waals surface area contributed by atoms with E-state index in [0.29, 0.717) is 30.4 Å². The second kappa shape index (κ2) is 7.14. The van der Waals surface area contributed by atoms with Crippen LogP contribution in [0, 0.1) is 12.8 Å². The average molecular weight is 264 g/mol. The maximum absolute atomic E-state index is 12.2. The molecule has 0 aliphatic heterocycles. The van der Waals surface area contributed by atoms with Crippen molar-refractivity contribution in [2.24, 2.45) is 5.92 Å². The fourth-order valence-electron chi connectivity index (χ4n) is 1.83. The van der Waals surface area contributed by atoms with Gasteiger partial charge in [0.05, 0.1) is 12.6 Å². The number of ether oxygens (including phenoxy) is 1. The van der Waals surface area contributed by atoms with E-state index < -0.39 is 0 Å². The van der Waals surface area contributed by atoms with Crippen LogP contribution in [0.2, 0.25) is 0 Å². The summed E-state index contributed by atoms with van der Waals surface area (Å²) in [6.07, 6.45) is 0. The predicted octanol–water partition coefficient (Wildman–Crippen LogP) is 2.37. The van der Waals surface area contributed by atoms with Crippen LogP contribution in [-0.4, -0.2) is 25.2 Å². The van der Waals surface area contributed by atoms with Gasteiger partial charge in [-0.05, 0) is 43.5 Å². The fraction of sp³-hybridized carbons (Fsp3) is 0.533. The highest BCUT2D eigenvalue weighted by atomic mass is 16.5. The Morgan fingerprint density at radius 2 is 2.11 bits per heavy atom. The third-order valence-electron chi connectivity index (χ3n) is 3.12. The minimum Gasteiger partial charge on any atom is -0.399 e. The Kier molecular flexibility index (Phi) is 5.83. The first-order valence-corrected chi connectivity index (χ1v) is 6.70. The van der Waals surface area contributed by atoms with E-state index in [-0.39, 0.29) is 11.9 Å². The molecule has 0 aliphatic carbocycles. The number of hydrogen-bond donors (Lipinski definition) is 2. The molecule has 1 amide bonds. The van der Waals surface area contributed by atoms with E-state index in [2.05, 4.69) is 19.2 Å². The average Bonchev–Trinajstić information content (AvgIpc) is 2.33. The second-order valence-corrected chi connectivity index (χ2v) is 5.06. The first kappa shape index (κ1) is 15.5. The zero-order chi connectivity index (χ0) is 14.4. The molecule has 0 heterocycles. The van der Waals surface area contributed by atoms with E-state index in [4.69, 9.17) is 10.5 Å². The van der Waals surface area contributed by atoms with Crippen LogP contribution in [0.25, 0.3) is 0 Å². The van der Waals surface area contributed by atoms with Gasteiger partial charge in [0.2, 0.25) is 0 Å². The van der Waals surface area contributed by atoms with E-state index in [1.54, 1.807) is 12.1 Å². The van der Waals surface area contributed by atoms with Crippen molar-refractivity contribution in [1.82, 2.24) is 5.32 Å². The summed E-state index contributed by atoms with van der Waals surface area (Å²) in [5.41, 5.74) is 7.91. The molecule has 1 rings (SSSR count). The molecular formula is C15H24N2O2. The molecule has 0 radical (unpaired) electrons. The fourth-order valence-corrected chi connectivity index (χ4v) is 1.83. The highest BCUT2D eigenvalue weighted by Gasteiger charge is 2.18. The van der Waals surface area contributed by atoms with Gasteiger partial charge in [0, 0.05) is 17.9 Å². The Bertz CT molecular complexity index is 430. The van der Waals surface area contributed by atoms with Crippen LogP contribution >= 0.6 is 0 Å². The maximum atomic E-state index is 12.2. The molecule has 0 spiro atoms. The lowest BCUT2D eigenvalue weighted by Crippen LogP contribution is -2.42. The maximum Gasteiger partial charge on any atom is 0.251 e. The largest absolute Gasteiger partial charge is 0.399 e. The lowest BCUT2D eigenvalue weighted by Gasteiger charge is -2.22. The van der Waals surface area contributed by atoms with Gasteiger partial charge in [0.25, 0.3) is 5.91 Å². The molecule has 3 N–H and O–H groups in total. The van der Waals surface area contributed by atoms with Crippen molar-refractivity contribution in [1.29, 1.82) is 0 Å². The van der Waals surface area contributed by atoms with Gasteiger partial charge in [-0.2, -0.15) is 0 Å². The number of benzene rings is 1. The number of carbonyl (C=O) groups excluding carboxylic acids is 1. The van der Waals surface area contributed by atoms with Gasteiger partial charge < -0.3 is 15.8 Å². The first-order chi connectivity index (χ1) is 8.95. The van der Waals surface area contributed by atoms with Crippen LogP contribution in [0.5, 0.6) is 0 Å². The van der Waals surface area contributed by atoms with Gasteiger partial charge in [-0.1, -0.05) is 13.8 Å². The summed E-state index contributed by atoms with van der Waals surface area (Å²) in [5.74, 6) is 0.250. The number of carbonyl (C=O) groups is 1. The van der Waals surface area contributed by atoms with Crippen LogP contribution in [-0.2, 0) is 4.74 Å². The Labute approximate surface area is 115 Å². The molecule has 106 valence electrons. The quantitative estimate of drug-likeness (QED) is 0.775. The molecule has 4 nitrogen and oxygen atoms in total. The molecule has 1 atom stereocenters. The highest BCUT2D eigenvalue weighted by molar-refractivity contribution is 5.96. The number of hydrogen-bond acceptors (Lipinski definition) is 3. The molecule has 0 fully saturated rings. The van der Waals surface area contributed by atoms with E-state index in [9.17, 15) is 4.79 Å². The summed E-state index contributed by atoms with van der Waals surface area (Å²) >= 11 is 0. The van der Waals surface area contributed by atoms with Gasteiger partial charge >= 0.3 is 0 Å². The van der Waals surface area contributed by atoms with Crippen molar-refractivity contribution in [3.63, 3.8) is 0 Å². The molecule has 4 heteroatoms. The van der Waals surface area contributed by atoms with Crippen molar-refractivity contribution in [2.75, 3.05) is 18.9 Å². The Hall–Kier alpha value is -1.55. The lowest BCUT2D eigenvalue weighted by atomic mass is 10.0. The minimum absolute atomic E-state index is 0.0180. The van der Waals surface area contributed by atoms with Crippen LogP contribution < -0.4 is 11.1 Å². The number of rotatable bonds is 6. The zero-order valence-electron chi connectivity index (χ0n) is 12.2. The zero-order valence-corrected chi connectivity index (χ0v) is 12.2. The summed E-state index contributed by atoms with van der Waals surface area (Å²) in [5, 5.41) is 3.02. The molecule has 0 saturated heterocycles. The first-order valence-electron chi connectivity index (χ1n) is 6.70. The van der Waals surface area contributed by atoms with E-state index in [0.717, 1.165) is 5.56 Å². The second-order valence-electron chi connectivity index (χ2n) is 5.06. The molecule has 1 aromatic rings. The number of amides is 1. The molecule has 0 aromatic heterocycles. The summed E-state index contributed by atoms with van der Waals surface area (Å²) < 4.78 is 5.41. The standard InChI is InChI=1S/C15H24N2O2/c1-5-19-9-14(10(2)3)17-15(18)13-7-6-12(16)8-11(13)4/h6-8,10,14H,5,9,16H2,1-4H3,(H,17,18). The molecule has 19 heavy (non-hydrogen) atoms. The Balaban J connectivity index is 2.76. The predicted molar refractivity (Wildman–Crippen MR) is 78.2 cm³/mol. The van der Waals surface area contributed by atoms with Gasteiger partial charge in [-0.25, -0.2) is 0 Å². The molecule has 1 unspecified atom stereocenters. The van der Waals surface area contributed by atoms with Crippen molar-refractivity contribution in [2.45, 2.75) is 33.7 Å². The van der Waals surface area contributed by atoms with Crippen molar-refractivity contribution >= 4 is 11.6 Å². The number of anilines is 1. The van der Waals surface area contributed by atoms with E-state index in [1.165, 1.54) is 0 Å². The van der Waals surface area contributed by atoms with Gasteiger partial charge in [-0.3, -0.25) is 4.79 Å². The van der Waals surface area contributed by atoms with Crippen molar-refractivity contribution in [3.05, 3.63) is 29.3 Å². The highest BCUT2D eigenvalue weighted by Crippen LogP contribution is 2.13. The Morgan fingerprint density at radius 3 is 2.63 bits per heavy atom. The summed E-state index contributed by atoms with van der Waals surface area (Å²) in [6, 6.07) is 5.33. The van der Waals surface area contributed by atoms with Crippen LogP contribution in [0.3, 0.4) is 0 Å². The summed E-state index contributed by atoms with van der Waals surface area (Å²) in [6.45, 7) is 9.16. The van der Waals surface area contributed by atoms with Crippen LogP contribution in [0.15, 0.2) is 18.2 Å². The third kappa shape index (κ3) is 4.56. The van der Waals surface area contributed by atoms with Gasteiger partial charge in [0.15, 0.2) is 0 Å². The molecule has 0 saturated carbocycles. The monoisotopic (exact) mass is 264 g/mol. The van der Waals surface area contributed by atoms with Crippen molar-refractivity contribution < 1.29 is 9.53 Å². The smallest absolute Gasteiger partial charge is 0.251 e. The normalized spacial score (nSPS) is 12.5. The molecule has 1 aromatic carbocycles.